The van der Waals surface area contributed by atoms with Crippen LogP contribution in [0, 0.1) is 20.8 Å². The van der Waals surface area contributed by atoms with Crippen molar-refractivity contribution in [2.45, 2.75) is 116 Å². The van der Waals surface area contributed by atoms with E-state index in [4.69, 9.17) is 0 Å². The van der Waals surface area contributed by atoms with Crippen LogP contribution in [0.2, 0.25) is 0 Å². The van der Waals surface area contributed by atoms with E-state index < -0.39 is 38.3 Å². The zero-order valence-corrected chi connectivity index (χ0v) is 25.7. The molecule has 0 saturated heterocycles. The lowest BCUT2D eigenvalue weighted by Gasteiger charge is -2.45. The van der Waals surface area contributed by atoms with Crippen molar-refractivity contribution < 1.29 is 43.1 Å². The van der Waals surface area contributed by atoms with Crippen LogP contribution in [-0.4, -0.2) is 29.4 Å². The molecule has 12 heteroatoms. The zero-order chi connectivity index (χ0) is 28.7. The summed E-state index contributed by atoms with van der Waals surface area (Å²) in [7, 11) is -14.5. The van der Waals surface area contributed by atoms with Crippen LogP contribution in [0.1, 0.15) is 113 Å². The Hall–Kier alpha value is -0.330. The van der Waals surface area contributed by atoms with Gasteiger partial charge in [-0.25, -0.2) is 0 Å². The van der Waals surface area contributed by atoms with Gasteiger partial charge in [0.05, 0.1) is 15.5 Å². The summed E-state index contributed by atoms with van der Waals surface area (Å²) >= 11 is 0. The van der Waals surface area contributed by atoms with Crippen molar-refractivity contribution in [3.05, 3.63) is 33.4 Å². The molecule has 0 aliphatic rings. The highest BCUT2D eigenvalue weighted by molar-refractivity contribution is 7.53. The molecule has 1 rings (SSSR count). The highest BCUT2D eigenvalue weighted by atomic mass is 31.2. The summed E-state index contributed by atoms with van der Waals surface area (Å²) in [5, 5.41) is -5.08. The molecule has 0 heterocycles. The van der Waals surface area contributed by atoms with Gasteiger partial charge in [-0.2, -0.15) is 0 Å². The van der Waals surface area contributed by atoms with Gasteiger partial charge < -0.3 is 29.4 Å². The quantitative estimate of drug-likeness (QED) is 0.160. The van der Waals surface area contributed by atoms with Crippen LogP contribution in [0.25, 0.3) is 0 Å². The molecular weight excluding hydrogens is 525 g/mol. The van der Waals surface area contributed by atoms with E-state index in [1.807, 2.05) is 0 Å². The summed E-state index contributed by atoms with van der Waals surface area (Å²) in [6.07, 6.45) is 0.165. The van der Waals surface area contributed by atoms with Gasteiger partial charge in [-0.05, 0) is 92.7 Å². The van der Waals surface area contributed by atoms with Gasteiger partial charge in [0.2, 0.25) is 0 Å². The third kappa shape index (κ3) is 4.78. The van der Waals surface area contributed by atoms with Gasteiger partial charge in [0, 0.05) is 0 Å². The van der Waals surface area contributed by atoms with Gasteiger partial charge in [0.1, 0.15) is 0 Å². The van der Waals surface area contributed by atoms with Crippen molar-refractivity contribution >= 4 is 22.8 Å². The van der Waals surface area contributed by atoms with E-state index in [1.165, 1.54) is 0 Å². The van der Waals surface area contributed by atoms with Gasteiger partial charge in [0.15, 0.2) is 0 Å². The van der Waals surface area contributed by atoms with Crippen molar-refractivity contribution in [3.8, 4) is 0 Å². The standard InChI is InChI=1S/C24H45O9P3/c1-10-22(11-2,34(25,26)27)19-16(7)20(23(12-3,13-4)35(28,29)30)18(9)21(17(19)8)24(14-5,15-6)36(31,32)33/h10-15H2,1-9H3,(H2,25,26,27)(H2,28,29,30)(H2,31,32,33). The minimum atomic E-state index is -4.85. The molecule has 0 radical (unpaired) electrons. The van der Waals surface area contributed by atoms with E-state index in [0.717, 1.165) is 0 Å². The fourth-order valence-electron chi connectivity index (χ4n) is 6.80. The second-order valence-corrected chi connectivity index (χ2v) is 15.7. The van der Waals surface area contributed by atoms with E-state index in [-0.39, 0.29) is 55.2 Å². The molecule has 0 atom stereocenters. The lowest BCUT2D eigenvalue weighted by atomic mass is 9.72. The molecule has 0 saturated carbocycles. The minimum absolute atomic E-state index is 0.0275. The van der Waals surface area contributed by atoms with Gasteiger partial charge in [-0.1, -0.05) is 41.5 Å². The third-order valence-corrected chi connectivity index (χ3v) is 14.7. The van der Waals surface area contributed by atoms with E-state index in [1.54, 1.807) is 62.3 Å². The van der Waals surface area contributed by atoms with Gasteiger partial charge >= 0.3 is 22.8 Å². The van der Waals surface area contributed by atoms with Gasteiger partial charge in [-0.3, -0.25) is 13.7 Å². The molecule has 0 unspecified atom stereocenters. The third-order valence-electron chi connectivity index (χ3n) is 8.83. The van der Waals surface area contributed by atoms with Crippen molar-refractivity contribution in [1.29, 1.82) is 0 Å². The Labute approximate surface area is 215 Å². The van der Waals surface area contributed by atoms with Crippen LogP contribution in [-0.2, 0) is 29.2 Å². The Morgan fingerprint density at radius 2 is 0.583 bits per heavy atom. The average molecular weight is 571 g/mol. The lowest BCUT2D eigenvalue weighted by Crippen LogP contribution is -2.36. The number of rotatable bonds is 12. The van der Waals surface area contributed by atoms with E-state index >= 15 is 0 Å². The maximum Gasteiger partial charge on any atom is 0.335 e. The van der Waals surface area contributed by atoms with Crippen LogP contribution in [0.3, 0.4) is 0 Å². The second kappa shape index (κ2) is 11.0. The van der Waals surface area contributed by atoms with Gasteiger partial charge in [-0.15, -0.1) is 0 Å². The van der Waals surface area contributed by atoms with Crippen LogP contribution < -0.4 is 0 Å². The summed E-state index contributed by atoms with van der Waals surface area (Å²) < 4.78 is 39.3. The molecule has 1 aromatic carbocycles. The highest BCUT2D eigenvalue weighted by Crippen LogP contribution is 2.69. The summed E-state index contributed by atoms with van der Waals surface area (Å²) in [6.45, 7) is 14.7. The highest BCUT2D eigenvalue weighted by Gasteiger charge is 2.55. The predicted octanol–water partition coefficient (Wildman–Crippen LogP) is 6.19. The first-order valence-electron chi connectivity index (χ1n) is 12.5. The molecule has 6 N–H and O–H groups in total. The monoisotopic (exact) mass is 570 g/mol. The largest absolute Gasteiger partial charge is 0.335 e. The first-order chi connectivity index (χ1) is 16.2. The molecule has 0 amide bonds. The molecule has 1 aromatic rings. The van der Waals surface area contributed by atoms with Crippen LogP contribution in [0.15, 0.2) is 0 Å². The summed E-state index contributed by atoms with van der Waals surface area (Å²) in [6, 6.07) is 0. The predicted molar refractivity (Wildman–Crippen MR) is 144 cm³/mol. The molecule has 0 aliphatic heterocycles. The summed E-state index contributed by atoms with van der Waals surface area (Å²) in [5.41, 5.74) is 1.78. The SMILES string of the molecule is CCC(CC)(c1c(C)c(C(CC)(CC)P(=O)(O)O)c(C)c(C(CC)(CC)P(=O)(O)O)c1C)P(=O)(O)O. The van der Waals surface area contributed by atoms with Crippen molar-refractivity contribution in [2.24, 2.45) is 0 Å². The minimum Gasteiger partial charge on any atom is -0.324 e. The van der Waals surface area contributed by atoms with Crippen LogP contribution in [0.5, 0.6) is 0 Å². The Bertz CT molecular complexity index is 939. The van der Waals surface area contributed by atoms with E-state index in [2.05, 4.69) is 0 Å². The van der Waals surface area contributed by atoms with E-state index in [9.17, 15) is 43.1 Å². The molecule has 0 bridgehead atoms. The molecule has 0 aliphatic carbocycles. The topological polar surface area (TPSA) is 173 Å². The van der Waals surface area contributed by atoms with Crippen LogP contribution in [0.4, 0.5) is 0 Å². The number of hydrogen-bond acceptors (Lipinski definition) is 3. The molecule has 9 nitrogen and oxygen atoms in total. The first-order valence-corrected chi connectivity index (χ1v) is 17.4. The maximum atomic E-state index is 13.1. The average Bonchev–Trinajstić information content (AvgIpc) is 2.74. The Balaban J connectivity index is 4.85. The lowest BCUT2D eigenvalue weighted by molar-refractivity contribution is 0.308. The fourth-order valence-corrected chi connectivity index (χ4v) is 11.1. The molecule has 0 aromatic heterocycles. The van der Waals surface area contributed by atoms with Gasteiger partial charge in [0.25, 0.3) is 0 Å². The normalized spacial score (nSPS) is 14.4. The Kier molecular flexibility index (Phi) is 10.3. The molecule has 36 heavy (non-hydrogen) atoms. The van der Waals surface area contributed by atoms with Crippen molar-refractivity contribution in [1.82, 2.24) is 0 Å². The smallest absolute Gasteiger partial charge is 0.324 e. The van der Waals surface area contributed by atoms with E-state index in [0.29, 0.717) is 16.7 Å². The molecule has 0 spiro atoms. The fraction of sp³-hybridized carbons (Fsp3) is 0.750. The Morgan fingerprint density at radius 3 is 0.667 bits per heavy atom. The Morgan fingerprint density at radius 1 is 0.444 bits per heavy atom. The molecule has 210 valence electrons. The molecule has 0 fully saturated rings. The summed E-state index contributed by atoms with van der Waals surface area (Å²) in [5.74, 6) is 0. The van der Waals surface area contributed by atoms with Crippen molar-refractivity contribution in [3.63, 3.8) is 0 Å². The molecular formula is C24H45O9P3. The van der Waals surface area contributed by atoms with Crippen molar-refractivity contribution in [2.75, 3.05) is 0 Å². The van der Waals surface area contributed by atoms with Crippen LogP contribution >= 0.6 is 22.8 Å². The second-order valence-electron chi connectivity index (χ2n) is 9.85. The summed E-state index contributed by atoms with van der Waals surface area (Å²) in [4.78, 5) is 63.8. The zero-order valence-electron chi connectivity index (χ0n) is 23.0. The number of benzene rings is 1. The number of hydrogen-bond donors (Lipinski definition) is 6. The maximum absolute atomic E-state index is 13.1. The first kappa shape index (κ1) is 33.7.